The van der Waals surface area contributed by atoms with Crippen LogP contribution in [0.15, 0.2) is 34.7 Å². The smallest absolute Gasteiger partial charge is 0.135 e. The van der Waals surface area contributed by atoms with Crippen molar-refractivity contribution in [3.05, 3.63) is 36.1 Å². The lowest BCUT2D eigenvalue weighted by molar-refractivity contribution is -0.0513. The maximum atomic E-state index is 6.09. The molecule has 0 radical (unpaired) electrons. The first-order chi connectivity index (χ1) is 8.86. The van der Waals surface area contributed by atoms with Crippen molar-refractivity contribution in [1.29, 1.82) is 0 Å². The van der Waals surface area contributed by atoms with Crippen LogP contribution in [-0.4, -0.2) is 19.2 Å². The summed E-state index contributed by atoms with van der Waals surface area (Å²) < 4.78 is 12.0. The molecule has 1 aromatic carbocycles. The second kappa shape index (κ2) is 5.12. The van der Waals surface area contributed by atoms with Gasteiger partial charge in [-0.2, -0.15) is 0 Å². The maximum absolute atomic E-state index is 6.09. The Labute approximate surface area is 107 Å². The van der Waals surface area contributed by atoms with Gasteiger partial charge in [0.1, 0.15) is 17.4 Å². The number of morpholine rings is 1. The molecule has 0 saturated carbocycles. The van der Waals surface area contributed by atoms with Gasteiger partial charge in [0.05, 0.1) is 6.10 Å². The Balaban J connectivity index is 1.80. The fraction of sp³-hybridized carbons (Fsp3) is 0.467. The van der Waals surface area contributed by atoms with Gasteiger partial charge in [-0.25, -0.2) is 0 Å². The van der Waals surface area contributed by atoms with E-state index >= 15 is 0 Å². The second-order valence-corrected chi connectivity index (χ2v) is 4.88. The van der Waals surface area contributed by atoms with Crippen LogP contribution in [0, 0.1) is 0 Å². The Morgan fingerprint density at radius 3 is 3.00 bits per heavy atom. The monoisotopic (exact) mass is 245 g/mol. The molecule has 1 aliphatic heterocycles. The highest BCUT2D eigenvalue weighted by Crippen LogP contribution is 2.28. The van der Waals surface area contributed by atoms with Crippen LogP contribution in [0.5, 0.6) is 0 Å². The van der Waals surface area contributed by atoms with Gasteiger partial charge in [-0.05, 0) is 18.6 Å². The molecule has 2 unspecified atom stereocenters. The first kappa shape index (κ1) is 11.8. The van der Waals surface area contributed by atoms with Gasteiger partial charge < -0.3 is 14.5 Å². The number of hydrogen-bond acceptors (Lipinski definition) is 3. The summed E-state index contributed by atoms with van der Waals surface area (Å²) in [5.74, 6) is 0.935. The van der Waals surface area contributed by atoms with Gasteiger partial charge in [-0.1, -0.05) is 31.5 Å². The Morgan fingerprint density at radius 2 is 2.17 bits per heavy atom. The minimum Gasteiger partial charge on any atom is -0.458 e. The molecular weight excluding hydrogens is 226 g/mol. The van der Waals surface area contributed by atoms with E-state index in [1.165, 1.54) is 0 Å². The molecule has 1 fully saturated rings. The van der Waals surface area contributed by atoms with Gasteiger partial charge >= 0.3 is 0 Å². The highest BCUT2D eigenvalue weighted by Gasteiger charge is 2.25. The summed E-state index contributed by atoms with van der Waals surface area (Å²) in [5, 5.41) is 4.57. The zero-order valence-electron chi connectivity index (χ0n) is 10.7. The minimum atomic E-state index is 0.0442. The highest BCUT2D eigenvalue weighted by molar-refractivity contribution is 5.77. The number of ether oxygens (including phenoxy) is 1. The van der Waals surface area contributed by atoms with Gasteiger partial charge in [-0.15, -0.1) is 0 Å². The normalized spacial score (nSPS) is 24.5. The van der Waals surface area contributed by atoms with Crippen molar-refractivity contribution in [2.75, 3.05) is 13.1 Å². The van der Waals surface area contributed by atoms with Crippen molar-refractivity contribution in [1.82, 2.24) is 5.32 Å². The van der Waals surface area contributed by atoms with Crippen LogP contribution in [0.4, 0.5) is 0 Å². The van der Waals surface area contributed by atoms with Gasteiger partial charge in [-0.3, -0.25) is 0 Å². The lowest BCUT2D eigenvalue weighted by Gasteiger charge is -2.29. The van der Waals surface area contributed by atoms with E-state index < -0.39 is 0 Å². The molecule has 2 atom stereocenters. The third-order valence-electron chi connectivity index (χ3n) is 3.43. The highest BCUT2D eigenvalue weighted by atomic mass is 16.5. The zero-order valence-corrected chi connectivity index (χ0v) is 10.7. The molecule has 3 nitrogen and oxygen atoms in total. The number of para-hydroxylation sites is 1. The van der Waals surface area contributed by atoms with E-state index in [0.29, 0.717) is 6.10 Å². The molecule has 0 aliphatic carbocycles. The molecule has 96 valence electrons. The Kier molecular flexibility index (Phi) is 3.35. The van der Waals surface area contributed by atoms with Gasteiger partial charge in [0.2, 0.25) is 0 Å². The van der Waals surface area contributed by atoms with E-state index in [1.54, 1.807) is 0 Å². The van der Waals surface area contributed by atoms with Crippen LogP contribution in [0.25, 0.3) is 11.0 Å². The maximum Gasteiger partial charge on any atom is 0.135 e. The quantitative estimate of drug-likeness (QED) is 0.901. The molecule has 1 aliphatic rings. The standard InChI is InChI=1S/C15H19NO2/c1-2-5-12-9-16-10-15(17-12)14-8-11-6-3-4-7-13(11)18-14/h3-4,6-8,12,15-16H,2,5,9-10H2,1H3. The number of fused-ring (bicyclic) bond motifs is 1. The lowest BCUT2D eigenvalue weighted by Crippen LogP contribution is -2.40. The minimum absolute atomic E-state index is 0.0442. The van der Waals surface area contributed by atoms with Crippen LogP contribution in [0.1, 0.15) is 31.6 Å². The van der Waals surface area contributed by atoms with Crippen molar-refractivity contribution in [2.45, 2.75) is 32.0 Å². The van der Waals surface area contributed by atoms with Crippen LogP contribution >= 0.6 is 0 Å². The number of nitrogens with one attached hydrogen (secondary N) is 1. The van der Waals surface area contributed by atoms with E-state index in [-0.39, 0.29) is 6.10 Å². The van der Waals surface area contributed by atoms with Crippen LogP contribution < -0.4 is 5.32 Å². The van der Waals surface area contributed by atoms with Crippen molar-refractivity contribution >= 4 is 11.0 Å². The molecule has 1 saturated heterocycles. The van der Waals surface area contributed by atoms with Gasteiger partial charge in [0, 0.05) is 18.5 Å². The molecule has 0 amide bonds. The molecule has 0 spiro atoms. The fourth-order valence-corrected chi connectivity index (χ4v) is 2.52. The van der Waals surface area contributed by atoms with E-state index in [1.807, 2.05) is 18.2 Å². The molecule has 2 heterocycles. The molecular formula is C15H19NO2. The van der Waals surface area contributed by atoms with Gasteiger partial charge in [0.15, 0.2) is 0 Å². The van der Waals surface area contributed by atoms with E-state index in [9.17, 15) is 0 Å². The summed E-state index contributed by atoms with van der Waals surface area (Å²) in [5.41, 5.74) is 0.939. The Morgan fingerprint density at radius 1 is 1.28 bits per heavy atom. The SMILES string of the molecule is CCCC1CNCC(c2cc3ccccc3o2)O1. The average molecular weight is 245 g/mol. The summed E-state index contributed by atoms with van der Waals surface area (Å²) in [7, 11) is 0. The van der Waals surface area contributed by atoms with E-state index in [4.69, 9.17) is 9.15 Å². The zero-order chi connectivity index (χ0) is 12.4. The van der Waals surface area contributed by atoms with Crippen LogP contribution in [-0.2, 0) is 4.74 Å². The topological polar surface area (TPSA) is 34.4 Å². The molecule has 2 aromatic rings. The third-order valence-corrected chi connectivity index (χ3v) is 3.43. The predicted molar refractivity (Wildman–Crippen MR) is 71.6 cm³/mol. The first-order valence-electron chi connectivity index (χ1n) is 6.71. The van der Waals surface area contributed by atoms with Gasteiger partial charge in [0.25, 0.3) is 0 Å². The van der Waals surface area contributed by atoms with Crippen LogP contribution in [0.2, 0.25) is 0 Å². The van der Waals surface area contributed by atoms with E-state index in [2.05, 4.69) is 24.4 Å². The van der Waals surface area contributed by atoms with Crippen molar-refractivity contribution in [3.8, 4) is 0 Å². The summed E-state index contributed by atoms with van der Waals surface area (Å²) in [6.45, 7) is 3.97. The number of rotatable bonds is 3. The molecule has 1 N–H and O–H groups in total. The lowest BCUT2D eigenvalue weighted by atomic mass is 10.1. The number of benzene rings is 1. The van der Waals surface area contributed by atoms with E-state index in [0.717, 1.165) is 42.7 Å². The molecule has 3 rings (SSSR count). The Bertz CT molecular complexity index is 485. The largest absolute Gasteiger partial charge is 0.458 e. The third kappa shape index (κ3) is 2.28. The number of hydrogen-bond donors (Lipinski definition) is 1. The number of furan rings is 1. The summed E-state index contributed by atoms with van der Waals surface area (Å²) in [6.07, 6.45) is 2.60. The fourth-order valence-electron chi connectivity index (χ4n) is 2.52. The second-order valence-electron chi connectivity index (χ2n) is 4.88. The first-order valence-corrected chi connectivity index (χ1v) is 6.71. The molecule has 18 heavy (non-hydrogen) atoms. The molecule has 1 aromatic heterocycles. The molecule has 0 bridgehead atoms. The summed E-state index contributed by atoms with van der Waals surface area (Å²) in [6, 6.07) is 10.2. The summed E-state index contributed by atoms with van der Waals surface area (Å²) >= 11 is 0. The predicted octanol–water partition coefficient (Wildman–Crippen LogP) is 3.26. The van der Waals surface area contributed by atoms with Crippen molar-refractivity contribution in [3.63, 3.8) is 0 Å². The van der Waals surface area contributed by atoms with Crippen molar-refractivity contribution in [2.24, 2.45) is 0 Å². The van der Waals surface area contributed by atoms with Crippen LogP contribution in [0.3, 0.4) is 0 Å². The average Bonchev–Trinajstić information content (AvgIpc) is 2.83. The Hall–Kier alpha value is -1.32. The molecule has 3 heteroatoms. The van der Waals surface area contributed by atoms with Crippen molar-refractivity contribution < 1.29 is 9.15 Å². The summed E-state index contributed by atoms with van der Waals surface area (Å²) in [4.78, 5) is 0.